The van der Waals surface area contributed by atoms with Crippen molar-refractivity contribution in [1.82, 2.24) is 0 Å². The Kier molecular flexibility index (Phi) is 5.35. The van der Waals surface area contributed by atoms with E-state index in [4.69, 9.17) is 4.74 Å². The van der Waals surface area contributed by atoms with Crippen LogP contribution >= 0.6 is 31.9 Å². The molecule has 3 rings (SSSR count). The monoisotopic (exact) mass is 438 g/mol. The second-order valence-corrected chi connectivity index (χ2v) is 6.92. The Bertz CT molecular complexity index is 688. The Morgan fingerprint density at radius 3 is 2.26 bits per heavy atom. The molecule has 1 N–H and O–H groups in total. The minimum Gasteiger partial charge on any atom is -0.506 e. The van der Waals surface area contributed by atoms with Crippen LogP contribution in [0.15, 0.2) is 50.3 Å². The highest BCUT2D eigenvalue weighted by Gasteiger charge is 2.10. The van der Waals surface area contributed by atoms with E-state index in [2.05, 4.69) is 53.9 Å². The normalized spacial score (nSPS) is 15.3. The first kappa shape index (κ1) is 16.5. The standard InChI is InChI=1S/C17H16Br2N2O2/c18-15-9-12(10-16(19)17(15)22)11-20-13-1-3-14(4-2-13)21-5-7-23-8-6-21/h1-4,9-11,22H,5-8H2. The molecule has 0 saturated carbocycles. The van der Waals surface area contributed by atoms with E-state index >= 15 is 0 Å². The number of hydrogen-bond acceptors (Lipinski definition) is 4. The number of ether oxygens (including phenoxy) is 1. The summed E-state index contributed by atoms with van der Waals surface area (Å²) in [7, 11) is 0. The molecule has 0 atom stereocenters. The van der Waals surface area contributed by atoms with Crippen LogP contribution in [0.5, 0.6) is 5.75 Å². The second kappa shape index (κ2) is 7.47. The van der Waals surface area contributed by atoms with Gasteiger partial charge in [-0.05, 0) is 73.8 Å². The number of phenolic OH excluding ortho intramolecular Hbond substituents is 1. The Hall–Kier alpha value is -1.37. The van der Waals surface area contributed by atoms with Gasteiger partial charge in [0.1, 0.15) is 5.75 Å². The molecule has 1 fully saturated rings. The summed E-state index contributed by atoms with van der Waals surface area (Å²) in [5.74, 6) is 0.192. The van der Waals surface area contributed by atoms with Crippen molar-refractivity contribution in [2.24, 2.45) is 4.99 Å². The predicted molar refractivity (Wildman–Crippen MR) is 100 cm³/mol. The summed E-state index contributed by atoms with van der Waals surface area (Å²) >= 11 is 6.64. The van der Waals surface area contributed by atoms with Gasteiger partial charge in [-0.25, -0.2) is 0 Å². The fourth-order valence-electron chi connectivity index (χ4n) is 2.38. The molecule has 0 spiro atoms. The third-order valence-electron chi connectivity index (χ3n) is 3.63. The summed E-state index contributed by atoms with van der Waals surface area (Å²) in [6.45, 7) is 3.42. The van der Waals surface area contributed by atoms with Gasteiger partial charge in [0.05, 0.1) is 27.8 Å². The molecule has 0 bridgehead atoms. The van der Waals surface area contributed by atoms with E-state index in [0.29, 0.717) is 8.95 Å². The van der Waals surface area contributed by atoms with Crippen LogP contribution in [0, 0.1) is 0 Å². The maximum atomic E-state index is 9.72. The SMILES string of the molecule is Oc1c(Br)cc(C=Nc2ccc(N3CCOCC3)cc2)cc1Br. The molecule has 0 radical (unpaired) electrons. The number of aromatic hydroxyl groups is 1. The molecule has 0 aliphatic carbocycles. The predicted octanol–water partition coefficient (Wildman–Crippen LogP) is 4.50. The van der Waals surface area contributed by atoms with Crippen molar-refractivity contribution >= 4 is 49.4 Å². The van der Waals surface area contributed by atoms with Gasteiger partial charge in [-0.2, -0.15) is 0 Å². The first-order chi connectivity index (χ1) is 11.1. The number of morpholine rings is 1. The number of phenols is 1. The van der Waals surface area contributed by atoms with E-state index in [1.165, 1.54) is 5.69 Å². The lowest BCUT2D eigenvalue weighted by Crippen LogP contribution is -2.36. The fourth-order valence-corrected chi connectivity index (χ4v) is 3.60. The van der Waals surface area contributed by atoms with Gasteiger partial charge in [0.15, 0.2) is 0 Å². The van der Waals surface area contributed by atoms with Crippen molar-refractivity contribution in [2.75, 3.05) is 31.2 Å². The molecule has 4 nitrogen and oxygen atoms in total. The van der Waals surface area contributed by atoms with Gasteiger partial charge in [-0.1, -0.05) is 0 Å². The van der Waals surface area contributed by atoms with Crippen LogP contribution in [0.4, 0.5) is 11.4 Å². The second-order valence-electron chi connectivity index (χ2n) is 5.21. The fraction of sp³-hybridized carbons (Fsp3) is 0.235. The minimum atomic E-state index is 0.192. The first-order valence-corrected chi connectivity index (χ1v) is 8.87. The molecule has 1 heterocycles. The van der Waals surface area contributed by atoms with Crippen molar-refractivity contribution in [3.8, 4) is 5.75 Å². The molecule has 120 valence electrons. The molecule has 23 heavy (non-hydrogen) atoms. The molecule has 2 aromatic rings. The van der Waals surface area contributed by atoms with Crippen LogP contribution in [0.3, 0.4) is 0 Å². The van der Waals surface area contributed by atoms with Gasteiger partial charge in [0, 0.05) is 25.0 Å². The summed E-state index contributed by atoms with van der Waals surface area (Å²) in [6, 6.07) is 11.8. The first-order valence-electron chi connectivity index (χ1n) is 7.28. The van der Waals surface area contributed by atoms with Crippen LogP contribution in [0.2, 0.25) is 0 Å². The van der Waals surface area contributed by atoms with E-state index in [0.717, 1.165) is 37.6 Å². The molecular weight excluding hydrogens is 424 g/mol. The van der Waals surface area contributed by atoms with Crippen LogP contribution in [0.1, 0.15) is 5.56 Å². The number of hydrogen-bond donors (Lipinski definition) is 1. The molecule has 0 aromatic heterocycles. The largest absolute Gasteiger partial charge is 0.506 e. The van der Waals surface area contributed by atoms with E-state index < -0.39 is 0 Å². The van der Waals surface area contributed by atoms with E-state index in [9.17, 15) is 5.11 Å². The highest BCUT2D eigenvalue weighted by Crippen LogP contribution is 2.33. The number of anilines is 1. The summed E-state index contributed by atoms with van der Waals surface area (Å²) in [5.41, 5.74) is 2.99. The average molecular weight is 440 g/mol. The Morgan fingerprint density at radius 1 is 1.04 bits per heavy atom. The number of rotatable bonds is 3. The van der Waals surface area contributed by atoms with Crippen LogP contribution in [-0.4, -0.2) is 37.6 Å². The maximum Gasteiger partial charge on any atom is 0.143 e. The molecule has 1 saturated heterocycles. The number of aliphatic imine (C=N–C) groups is 1. The van der Waals surface area contributed by atoms with Gasteiger partial charge in [0.2, 0.25) is 0 Å². The lowest BCUT2D eigenvalue weighted by atomic mass is 10.2. The summed E-state index contributed by atoms with van der Waals surface area (Å²) in [5, 5.41) is 9.72. The van der Waals surface area contributed by atoms with Crippen molar-refractivity contribution < 1.29 is 9.84 Å². The Morgan fingerprint density at radius 2 is 1.65 bits per heavy atom. The van der Waals surface area contributed by atoms with Gasteiger partial charge in [-0.15, -0.1) is 0 Å². The quantitative estimate of drug-likeness (QED) is 0.716. The molecule has 1 aliphatic heterocycles. The maximum absolute atomic E-state index is 9.72. The Labute approximate surface area is 152 Å². The smallest absolute Gasteiger partial charge is 0.143 e. The lowest BCUT2D eigenvalue weighted by Gasteiger charge is -2.28. The highest BCUT2D eigenvalue weighted by molar-refractivity contribution is 9.11. The number of halogens is 2. The van der Waals surface area contributed by atoms with Crippen molar-refractivity contribution in [2.45, 2.75) is 0 Å². The van der Waals surface area contributed by atoms with Gasteiger partial charge in [0.25, 0.3) is 0 Å². The molecule has 6 heteroatoms. The summed E-state index contributed by atoms with van der Waals surface area (Å²) < 4.78 is 6.64. The zero-order valence-electron chi connectivity index (χ0n) is 12.4. The van der Waals surface area contributed by atoms with Crippen LogP contribution in [-0.2, 0) is 4.74 Å². The van der Waals surface area contributed by atoms with Crippen LogP contribution < -0.4 is 4.90 Å². The zero-order valence-corrected chi connectivity index (χ0v) is 15.5. The Balaban J connectivity index is 1.72. The molecule has 1 aliphatic rings. The minimum absolute atomic E-state index is 0.192. The topological polar surface area (TPSA) is 45.1 Å². The van der Waals surface area contributed by atoms with Crippen molar-refractivity contribution in [1.29, 1.82) is 0 Å². The van der Waals surface area contributed by atoms with E-state index in [1.54, 1.807) is 6.21 Å². The molecular formula is C17H16Br2N2O2. The van der Waals surface area contributed by atoms with Crippen LogP contribution in [0.25, 0.3) is 0 Å². The summed E-state index contributed by atoms with van der Waals surface area (Å²) in [6.07, 6.45) is 1.78. The van der Waals surface area contributed by atoms with Crippen molar-refractivity contribution in [3.63, 3.8) is 0 Å². The van der Waals surface area contributed by atoms with Gasteiger partial charge < -0.3 is 14.7 Å². The van der Waals surface area contributed by atoms with E-state index in [1.807, 2.05) is 24.3 Å². The third-order valence-corrected chi connectivity index (χ3v) is 4.84. The molecule has 0 unspecified atom stereocenters. The number of nitrogens with zero attached hydrogens (tertiary/aromatic N) is 2. The lowest BCUT2D eigenvalue weighted by molar-refractivity contribution is 0.122. The van der Waals surface area contributed by atoms with Crippen molar-refractivity contribution in [3.05, 3.63) is 50.9 Å². The van der Waals surface area contributed by atoms with Gasteiger partial charge >= 0.3 is 0 Å². The number of benzene rings is 2. The van der Waals surface area contributed by atoms with E-state index in [-0.39, 0.29) is 5.75 Å². The molecule has 2 aromatic carbocycles. The summed E-state index contributed by atoms with van der Waals surface area (Å²) in [4.78, 5) is 6.79. The zero-order chi connectivity index (χ0) is 16.2. The average Bonchev–Trinajstić information content (AvgIpc) is 2.59. The third kappa shape index (κ3) is 4.13. The highest BCUT2D eigenvalue weighted by atomic mass is 79.9. The molecule has 0 amide bonds. The van der Waals surface area contributed by atoms with Gasteiger partial charge in [-0.3, -0.25) is 4.99 Å².